The third-order valence-electron chi connectivity index (χ3n) is 6.03. The molecule has 2 saturated carbocycles. The third kappa shape index (κ3) is 3.47. The van der Waals surface area contributed by atoms with Crippen molar-refractivity contribution in [1.29, 1.82) is 0 Å². The molecule has 0 spiro atoms. The Hall–Kier alpha value is -2.58. The summed E-state index contributed by atoms with van der Waals surface area (Å²) in [4.78, 5) is 26.7. The van der Waals surface area contributed by atoms with Gasteiger partial charge in [-0.2, -0.15) is 0 Å². The van der Waals surface area contributed by atoms with E-state index in [2.05, 4.69) is 0 Å². The standard InChI is InChI=1S/3C6H5.2C4H6O2.Sb/c3*1-2-4-6-5-3-1;2*5-4(6)3-1-2-3;/h3*1-5H;2*3H,1-2H2,(H,5,6);/q;;;;;+2/p-2. The fourth-order valence-electron chi connectivity index (χ4n) is 4.01. The van der Waals surface area contributed by atoms with Gasteiger partial charge in [0.2, 0.25) is 0 Å². The van der Waals surface area contributed by atoms with Crippen LogP contribution in [0.4, 0.5) is 0 Å². The number of carbonyl (C=O) groups is 2. The molecule has 0 aliphatic heterocycles. The molecule has 0 radical (unpaired) electrons. The molecule has 2 aliphatic carbocycles. The molecule has 4 nitrogen and oxygen atoms in total. The molecule has 158 valence electrons. The fourth-order valence-corrected chi connectivity index (χ4v) is 17.4. The Morgan fingerprint density at radius 2 is 0.839 bits per heavy atom. The summed E-state index contributed by atoms with van der Waals surface area (Å²) < 4.78 is 15.7. The Kier molecular flexibility index (Phi) is 5.14. The van der Waals surface area contributed by atoms with E-state index < -0.39 is 18.2 Å². The summed E-state index contributed by atoms with van der Waals surface area (Å²) in [6.45, 7) is 0. The molecule has 2 fully saturated rings. The van der Waals surface area contributed by atoms with Crippen molar-refractivity contribution < 1.29 is 15.6 Å². The van der Waals surface area contributed by atoms with Crippen LogP contribution in [0.25, 0.3) is 0 Å². The van der Waals surface area contributed by atoms with E-state index >= 15 is 0 Å². The number of carbonyl (C=O) groups excluding carboxylic acids is 2. The van der Waals surface area contributed by atoms with E-state index in [1.165, 1.54) is 0 Å². The Morgan fingerprint density at radius 3 is 1.10 bits per heavy atom. The van der Waals surface area contributed by atoms with Gasteiger partial charge in [-0.3, -0.25) is 0 Å². The van der Waals surface area contributed by atoms with E-state index in [0.29, 0.717) is 0 Å². The summed E-state index contributed by atoms with van der Waals surface area (Å²) >= 11 is -5.52. The van der Waals surface area contributed by atoms with Crippen LogP contribution in [0.1, 0.15) is 25.7 Å². The average Bonchev–Trinajstić information content (AvgIpc) is 3.73. The van der Waals surface area contributed by atoms with E-state index in [9.17, 15) is 9.59 Å². The van der Waals surface area contributed by atoms with Crippen LogP contribution in [0.3, 0.4) is 0 Å². The summed E-state index contributed by atoms with van der Waals surface area (Å²) in [7, 11) is 0. The molecule has 5 heteroatoms. The fraction of sp³-hybridized carbons (Fsp3) is 0.231. The van der Waals surface area contributed by atoms with Crippen molar-refractivity contribution in [3.8, 4) is 0 Å². The molecule has 3 aromatic rings. The molecule has 0 aromatic heterocycles. The summed E-state index contributed by atoms with van der Waals surface area (Å²) in [5.74, 6) is -0.771. The van der Waals surface area contributed by atoms with Crippen molar-refractivity contribution in [2.45, 2.75) is 25.7 Å². The van der Waals surface area contributed by atoms with Crippen LogP contribution in [-0.2, 0) is 15.6 Å². The summed E-state index contributed by atoms with van der Waals surface area (Å²) in [6, 6.07) is 29.0. The molecule has 0 saturated heterocycles. The van der Waals surface area contributed by atoms with Gasteiger partial charge in [0.25, 0.3) is 0 Å². The van der Waals surface area contributed by atoms with Gasteiger partial charge in [-0.1, -0.05) is 0 Å². The van der Waals surface area contributed by atoms with Gasteiger partial charge in [-0.25, -0.2) is 0 Å². The average molecular weight is 523 g/mol. The van der Waals surface area contributed by atoms with Gasteiger partial charge in [-0.05, 0) is 0 Å². The molecule has 0 atom stereocenters. The SMILES string of the molecule is O=C([O][Sb]([O]C(=O)C1CC1)([c]1ccccc1)([c]1ccccc1)[c]1ccccc1)C1CC1. The molecular weight excluding hydrogens is 498 g/mol. The zero-order valence-corrected chi connectivity index (χ0v) is 19.8. The maximum absolute atomic E-state index is 13.3. The van der Waals surface area contributed by atoms with Crippen molar-refractivity contribution in [1.82, 2.24) is 0 Å². The first-order chi connectivity index (χ1) is 15.1. The molecule has 0 unspecified atom stereocenters. The van der Waals surface area contributed by atoms with Gasteiger partial charge in [-0.15, -0.1) is 0 Å². The maximum atomic E-state index is 13.3. The van der Waals surface area contributed by atoms with Gasteiger partial charge in [0.1, 0.15) is 0 Å². The van der Waals surface area contributed by atoms with Crippen molar-refractivity contribution in [2.24, 2.45) is 11.8 Å². The second kappa shape index (κ2) is 7.84. The van der Waals surface area contributed by atoms with Crippen LogP contribution >= 0.6 is 0 Å². The predicted octanol–water partition coefficient (Wildman–Crippen LogP) is 3.01. The third-order valence-corrected chi connectivity index (χ3v) is 19.6. The molecule has 0 amide bonds. The van der Waals surface area contributed by atoms with E-state index in [0.717, 1.165) is 36.2 Å². The molecular formula is C26H25O4Sb. The summed E-state index contributed by atoms with van der Waals surface area (Å²) in [5.41, 5.74) is 0. The molecule has 3 aromatic carbocycles. The Morgan fingerprint density at radius 1 is 0.548 bits per heavy atom. The zero-order valence-electron chi connectivity index (χ0n) is 17.2. The first-order valence-electron chi connectivity index (χ1n) is 10.8. The minimum atomic E-state index is -5.52. The zero-order chi connectivity index (χ0) is 21.3. The van der Waals surface area contributed by atoms with Crippen molar-refractivity contribution in [3.63, 3.8) is 0 Å². The second-order valence-electron chi connectivity index (χ2n) is 8.33. The minimum absolute atomic E-state index is 0.124. The van der Waals surface area contributed by atoms with Crippen LogP contribution in [0.5, 0.6) is 0 Å². The van der Waals surface area contributed by atoms with Crippen molar-refractivity contribution in [3.05, 3.63) is 91.0 Å². The van der Waals surface area contributed by atoms with E-state index in [4.69, 9.17) is 6.03 Å². The summed E-state index contributed by atoms with van der Waals surface area (Å²) in [6.07, 6.45) is 3.27. The first-order valence-corrected chi connectivity index (χ1v) is 16.7. The Balaban J connectivity index is 1.87. The first kappa shape index (κ1) is 20.3. The van der Waals surface area contributed by atoms with Crippen molar-refractivity contribution >= 4 is 40.7 Å². The number of hydrogen-bond donors (Lipinski definition) is 0. The van der Waals surface area contributed by atoms with E-state index in [-0.39, 0.29) is 23.8 Å². The number of hydrogen-bond acceptors (Lipinski definition) is 4. The molecule has 0 N–H and O–H groups in total. The molecule has 0 bridgehead atoms. The summed E-state index contributed by atoms with van der Waals surface area (Å²) in [5, 5.41) is 0. The molecule has 31 heavy (non-hydrogen) atoms. The van der Waals surface area contributed by atoms with Crippen LogP contribution in [0.2, 0.25) is 0 Å². The van der Waals surface area contributed by atoms with Crippen LogP contribution < -0.4 is 10.5 Å². The molecule has 0 heterocycles. The Bertz CT molecular complexity index is 961. The van der Waals surface area contributed by atoms with Crippen molar-refractivity contribution in [2.75, 3.05) is 0 Å². The van der Waals surface area contributed by atoms with Crippen LogP contribution in [-0.4, -0.2) is 30.2 Å². The van der Waals surface area contributed by atoms with Gasteiger partial charge < -0.3 is 0 Å². The normalized spacial score (nSPS) is 17.2. The quantitative estimate of drug-likeness (QED) is 0.448. The number of benzene rings is 3. The molecule has 2 aliphatic rings. The second-order valence-corrected chi connectivity index (χ2v) is 19.3. The topological polar surface area (TPSA) is 52.6 Å². The van der Waals surface area contributed by atoms with Crippen LogP contribution in [0, 0.1) is 11.8 Å². The van der Waals surface area contributed by atoms with Gasteiger partial charge in [0, 0.05) is 0 Å². The molecule has 5 rings (SSSR count). The predicted molar refractivity (Wildman–Crippen MR) is 122 cm³/mol. The van der Waals surface area contributed by atoms with Gasteiger partial charge in [0.15, 0.2) is 0 Å². The number of rotatable bonds is 7. The van der Waals surface area contributed by atoms with Gasteiger partial charge in [0.05, 0.1) is 0 Å². The van der Waals surface area contributed by atoms with E-state index in [1.807, 2.05) is 91.0 Å². The van der Waals surface area contributed by atoms with Gasteiger partial charge >= 0.3 is 185 Å². The monoisotopic (exact) mass is 522 g/mol. The van der Waals surface area contributed by atoms with Crippen LogP contribution in [0.15, 0.2) is 91.0 Å². The van der Waals surface area contributed by atoms with E-state index in [1.54, 1.807) is 0 Å². The Labute approximate surface area is 184 Å².